The third-order valence-corrected chi connectivity index (χ3v) is 4.88. The first-order chi connectivity index (χ1) is 9.86. The van der Waals surface area contributed by atoms with E-state index in [-0.39, 0.29) is 0 Å². The molecule has 0 bridgehead atoms. The fraction of sp³-hybridized carbons (Fsp3) is 0.333. The lowest BCUT2D eigenvalue weighted by Gasteiger charge is -2.17. The summed E-state index contributed by atoms with van der Waals surface area (Å²) in [5, 5.41) is 8.91. The molecule has 3 rings (SSSR count). The fourth-order valence-electron chi connectivity index (χ4n) is 2.21. The second-order valence-electron chi connectivity index (χ2n) is 4.71. The second kappa shape index (κ2) is 6.43. The van der Waals surface area contributed by atoms with Gasteiger partial charge in [-0.2, -0.15) is 0 Å². The van der Waals surface area contributed by atoms with Gasteiger partial charge >= 0.3 is 0 Å². The summed E-state index contributed by atoms with van der Waals surface area (Å²) in [5.41, 5.74) is 2.34. The summed E-state index contributed by atoms with van der Waals surface area (Å²) in [4.78, 5) is 8.96. The van der Waals surface area contributed by atoms with E-state index in [2.05, 4.69) is 39.7 Å². The highest BCUT2D eigenvalue weighted by atomic mass is 32.1. The zero-order valence-corrected chi connectivity index (χ0v) is 13.0. The molecule has 0 spiro atoms. The Balaban J connectivity index is 1.86. The summed E-state index contributed by atoms with van der Waals surface area (Å²) in [6.45, 7) is 3.20. The van der Waals surface area contributed by atoms with E-state index in [1.54, 1.807) is 22.7 Å². The minimum Gasteiger partial charge on any atom is -0.310 e. The fourth-order valence-corrected chi connectivity index (χ4v) is 3.66. The number of pyridine rings is 1. The van der Waals surface area contributed by atoms with Crippen LogP contribution in [0.15, 0.2) is 35.3 Å². The third kappa shape index (κ3) is 3.06. The summed E-state index contributed by atoms with van der Waals surface area (Å²) in [6.07, 6.45) is 5.92. The Bertz CT molecular complexity index is 661. The van der Waals surface area contributed by atoms with E-state index in [0.717, 1.165) is 24.9 Å². The number of hydrogen-bond donors (Lipinski definition) is 1. The highest BCUT2D eigenvalue weighted by Crippen LogP contribution is 2.25. The van der Waals surface area contributed by atoms with E-state index in [1.807, 2.05) is 17.8 Å². The molecule has 3 aromatic rings. The van der Waals surface area contributed by atoms with Gasteiger partial charge in [-0.15, -0.1) is 22.7 Å². The van der Waals surface area contributed by atoms with Gasteiger partial charge in [0, 0.05) is 30.2 Å². The molecule has 3 nitrogen and oxygen atoms in total. The van der Waals surface area contributed by atoms with Gasteiger partial charge in [0.05, 0.1) is 15.2 Å². The van der Waals surface area contributed by atoms with Gasteiger partial charge in [0.1, 0.15) is 0 Å². The molecule has 1 atom stereocenters. The maximum atomic E-state index is 4.55. The van der Waals surface area contributed by atoms with Crippen molar-refractivity contribution < 1.29 is 0 Å². The largest absolute Gasteiger partial charge is 0.310 e. The summed E-state index contributed by atoms with van der Waals surface area (Å²) in [7, 11) is 0. The molecule has 104 valence electrons. The predicted octanol–water partition coefficient (Wildman–Crippen LogP) is 4.04. The first-order valence-electron chi connectivity index (χ1n) is 6.81. The molecule has 0 saturated heterocycles. The minimum atomic E-state index is 0.292. The van der Waals surface area contributed by atoms with Crippen LogP contribution in [0, 0.1) is 0 Å². The number of hydrogen-bond acceptors (Lipinski definition) is 5. The zero-order chi connectivity index (χ0) is 13.8. The summed E-state index contributed by atoms with van der Waals surface area (Å²) < 4.78 is 1.25. The molecule has 20 heavy (non-hydrogen) atoms. The van der Waals surface area contributed by atoms with Gasteiger partial charge in [-0.3, -0.25) is 4.98 Å². The van der Waals surface area contributed by atoms with Crippen molar-refractivity contribution in [3.8, 4) is 0 Å². The lowest BCUT2D eigenvalue weighted by molar-refractivity contribution is 0.527. The van der Waals surface area contributed by atoms with Crippen molar-refractivity contribution in [3.63, 3.8) is 0 Å². The molecular formula is C15H17N3S2. The maximum absolute atomic E-state index is 4.55. The molecule has 1 N–H and O–H groups in total. The summed E-state index contributed by atoms with van der Waals surface area (Å²) in [5.74, 6) is 0. The normalized spacial score (nSPS) is 12.8. The second-order valence-corrected chi connectivity index (χ2v) is 6.64. The van der Waals surface area contributed by atoms with Gasteiger partial charge in [-0.1, -0.05) is 6.92 Å². The standard InChI is InChI=1S/C15H17N3S2/c1-2-4-16-13(9-15-17-5-7-20-15)11-8-14-12(18-10-11)3-6-19-14/h3,5-8,10,13,16H,2,4,9H2,1H3. The Kier molecular flexibility index (Phi) is 4.40. The van der Waals surface area contributed by atoms with Crippen LogP contribution in [0.5, 0.6) is 0 Å². The number of aromatic nitrogens is 2. The van der Waals surface area contributed by atoms with Crippen LogP contribution in [0.25, 0.3) is 10.2 Å². The zero-order valence-electron chi connectivity index (χ0n) is 11.4. The van der Waals surface area contributed by atoms with E-state index >= 15 is 0 Å². The number of thiophene rings is 1. The quantitative estimate of drug-likeness (QED) is 0.747. The minimum absolute atomic E-state index is 0.292. The smallest absolute Gasteiger partial charge is 0.0943 e. The number of nitrogens with zero attached hydrogens (tertiary/aromatic N) is 2. The summed E-state index contributed by atoms with van der Waals surface area (Å²) >= 11 is 3.46. The van der Waals surface area contributed by atoms with Crippen LogP contribution >= 0.6 is 22.7 Å². The molecule has 0 amide bonds. The average molecular weight is 303 g/mol. The van der Waals surface area contributed by atoms with Crippen LogP contribution in [-0.4, -0.2) is 16.5 Å². The molecule has 0 aliphatic carbocycles. The molecule has 3 heterocycles. The van der Waals surface area contributed by atoms with Gasteiger partial charge in [-0.25, -0.2) is 4.98 Å². The van der Waals surface area contributed by atoms with Crippen LogP contribution in [0.1, 0.15) is 30.0 Å². The van der Waals surface area contributed by atoms with E-state index in [1.165, 1.54) is 15.3 Å². The summed E-state index contributed by atoms with van der Waals surface area (Å²) in [6, 6.07) is 4.62. The van der Waals surface area contributed by atoms with Crippen molar-refractivity contribution in [2.45, 2.75) is 25.8 Å². The number of fused-ring (bicyclic) bond motifs is 1. The Hall–Kier alpha value is -1.30. The van der Waals surface area contributed by atoms with Crippen LogP contribution in [0.2, 0.25) is 0 Å². The average Bonchev–Trinajstić information content (AvgIpc) is 3.13. The van der Waals surface area contributed by atoms with Gasteiger partial charge in [0.25, 0.3) is 0 Å². The Labute approximate surface area is 126 Å². The lowest BCUT2D eigenvalue weighted by Crippen LogP contribution is -2.24. The first kappa shape index (κ1) is 13.7. The molecule has 0 saturated carbocycles. The molecule has 0 fully saturated rings. The van der Waals surface area contributed by atoms with Crippen LogP contribution < -0.4 is 5.32 Å². The van der Waals surface area contributed by atoms with Crippen LogP contribution in [-0.2, 0) is 6.42 Å². The van der Waals surface area contributed by atoms with Crippen molar-refractivity contribution in [3.05, 3.63) is 45.9 Å². The molecule has 0 aliphatic rings. The highest BCUT2D eigenvalue weighted by molar-refractivity contribution is 7.17. The van der Waals surface area contributed by atoms with Gasteiger partial charge in [0.2, 0.25) is 0 Å². The maximum Gasteiger partial charge on any atom is 0.0943 e. The monoisotopic (exact) mass is 303 g/mol. The van der Waals surface area contributed by atoms with Gasteiger partial charge < -0.3 is 5.32 Å². The van der Waals surface area contributed by atoms with E-state index in [9.17, 15) is 0 Å². The molecule has 0 radical (unpaired) electrons. The molecule has 5 heteroatoms. The van der Waals surface area contributed by atoms with Gasteiger partial charge in [-0.05, 0) is 36.0 Å². The predicted molar refractivity (Wildman–Crippen MR) is 86.5 cm³/mol. The van der Waals surface area contributed by atoms with E-state index in [4.69, 9.17) is 0 Å². The molecular weight excluding hydrogens is 286 g/mol. The van der Waals surface area contributed by atoms with Gasteiger partial charge in [0.15, 0.2) is 0 Å². The number of nitrogens with one attached hydrogen (secondary N) is 1. The van der Waals surface area contributed by atoms with Crippen molar-refractivity contribution in [2.24, 2.45) is 0 Å². The van der Waals surface area contributed by atoms with Crippen molar-refractivity contribution in [2.75, 3.05) is 6.54 Å². The lowest BCUT2D eigenvalue weighted by atomic mass is 10.1. The molecule has 0 aromatic carbocycles. The SMILES string of the molecule is CCCNC(Cc1nccs1)c1cnc2ccsc2c1. The molecule has 3 aromatic heterocycles. The van der Waals surface area contributed by atoms with Crippen LogP contribution in [0.4, 0.5) is 0 Å². The van der Waals surface area contributed by atoms with Crippen molar-refractivity contribution in [1.29, 1.82) is 0 Å². The number of rotatable bonds is 6. The van der Waals surface area contributed by atoms with E-state index < -0.39 is 0 Å². The Morgan fingerprint density at radius 2 is 2.20 bits per heavy atom. The van der Waals surface area contributed by atoms with Crippen LogP contribution in [0.3, 0.4) is 0 Å². The topological polar surface area (TPSA) is 37.8 Å². The first-order valence-corrected chi connectivity index (χ1v) is 8.57. The van der Waals surface area contributed by atoms with E-state index in [0.29, 0.717) is 6.04 Å². The molecule has 1 unspecified atom stereocenters. The molecule has 0 aliphatic heterocycles. The highest BCUT2D eigenvalue weighted by Gasteiger charge is 2.14. The van der Waals surface area contributed by atoms with Crippen molar-refractivity contribution >= 4 is 32.9 Å². The van der Waals surface area contributed by atoms with Crippen molar-refractivity contribution in [1.82, 2.24) is 15.3 Å². The number of thiazole rings is 1. The Morgan fingerprint density at radius 1 is 1.25 bits per heavy atom. The Morgan fingerprint density at radius 3 is 3.00 bits per heavy atom. The third-order valence-electron chi connectivity index (χ3n) is 3.23.